The van der Waals surface area contributed by atoms with Gasteiger partial charge in [0.25, 0.3) is 5.91 Å². The molecule has 1 aliphatic heterocycles. The van der Waals surface area contributed by atoms with Crippen molar-refractivity contribution in [2.45, 2.75) is 9.92 Å². The molecule has 1 aliphatic rings. The van der Waals surface area contributed by atoms with E-state index in [1.165, 1.54) is 28.8 Å². The van der Waals surface area contributed by atoms with Crippen molar-refractivity contribution in [1.82, 2.24) is 4.98 Å². The van der Waals surface area contributed by atoms with Crippen molar-refractivity contribution in [3.8, 4) is 0 Å². The maximum atomic E-state index is 13.8. The van der Waals surface area contributed by atoms with Crippen molar-refractivity contribution in [2.75, 3.05) is 16.8 Å². The summed E-state index contributed by atoms with van der Waals surface area (Å²) in [5.74, 6) is -1.33. The summed E-state index contributed by atoms with van der Waals surface area (Å²) in [6.07, 6.45) is 1.63. The average Bonchev–Trinajstić information content (AvgIpc) is 2.79. The van der Waals surface area contributed by atoms with E-state index in [0.717, 1.165) is 4.90 Å². The minimum Gasteiger partial charge on any atom is -0.322 e. The van der Waals surface area contributed by atoms with Crippen LogP contribution in [0, 0.1) is 5.82 Å². The Bertz CT molecular complexity index is 1040. The van der Waals surface area contributed by atoms with Crippen LogP contribution in [0.2, 0.25) is 0 Å². The number of carbonyl (C=O) groups excluding carboxylic acids is 2. The lowest BCUT2D eigenvalue weighted by atomic mass is 10.2. The zero-order chi connectivity index (χ0) is 18.8. The lowest BCUT2D eigenvalue weighted by Crippen LogP contribution is -2.38. The topological polar surface area (TPSA) is 62.3 Å². The Hall–Kier alpha value is -3.19. The van der Waals surface area contributed by atoms with Gasteiger partial charge in [-0.2, -0.15) is 0 Å². The van der Waals surface area contributed by atoms with Gasteiger partial charge in [0, 0.05) is 11.1 Å². The quantitative estimate of drug-likeness (QED) is 0.748. The largest absolute Gasteiger partial charge is 0.322 e. The van der Waals surface area contributed by atoms with Crippen molar-refractivity contribution in [3.05, 3.63) is 78.2 Å². The van der Waals surface area contributed by atoms with E-state index in [-0.39, 0.29) is 18.1 Å². The van der Waals surface area contributed by atoms with Crippen LogP contribution in [0.25, 0.3) is 0 Å². The van der Waals surface area contributed by atoms with Crippen molar-refractivity contribution in [2.24, 2.45) is 0 Å². The molecule has 0 aliphatic carbocycles. The number of halogens is 1. The maximum Gasteiger partial charge on any atom is 0.261 e. The minimum atomic E-state index is -0.529. The molecule has 4 rings (SSSR count). The van der Waals surface area contributed by atoms with E-state index in [1.807, 2.05) is 12.1 Å². The first kappa shape index (κ1) is 17.2. The Morgan fingerprint density at radius 1 is 1.07 bits per heavy atom. The van der Waals surface area contributed by atoms with Crippen LogP contribution in [0.5, 0.6) is 0 Å². The van der Waals surface area contributed by atoms with Crippen LogP contribution >= 0.6 is 11.8 Å². The number of aromatic nitrogens is 1. The van der Waals surface area contributed by atoms with Gasteiger partial charge in [-0.05, 0) is 36.4 Å². The van der Waals surface area contributed by atoms with Crippen LogP contribution in [0.15, 0.2) is 76.8 Å². The molecule has 27 heavy (non-hydrogen) atoms. The molecule has 1 aromatic heterocycles. The zero-order valence-corrected chi connectivity index (χ0v) is 14.9. The van der Waals surface area contributed by atoms with Gasteiger partial charge in [0.2, 0.25) is 5.91 Å². The number of carbonyl (C=O) groups is 2. The number of hydrogen-bond donors (Lipinski definition) is 1. The molecule has 0 saturated carbocycles. The molecule has 2 heterocycles. The van der Waals surface area contributed by atoms with E-state index in [2.05, 4.69) is 10.3 Å². The van der Waals surface area contributed by atoms with Crippen molar-refractivity contribution >= 4 is 35.0 Å². The lowest BCUT2D eigenvalue weighted by Gasteiger charge is -2.22. The van der Waals surface area contributed by atoms with E-state index in [4.69, 9.17) is 0 Å². The minimum absolute atomic E-state index is 0.0782. The molecule has 2 aromatic carbocycles. The fourth-order valence-corrected chi connectivity index (χ4v) is 3.83. The van der Waals surface area contributed by atoms with Gasteiger partial charge in [0.1, 0.15) is 17.4 Å². The molecule has 0 fully saturated rings. The Morgan fingerprint density at radius 2 is 1.85 bits per heavy atom. The molecular weight excluding hydrogens is 365 g/mol. The summed E-state index contributed by atoms with van der Waals surface area (Å²) < 4.78 is 13.8. The smallest absolute Gasteiger partial charge is 0.261 e. The Kier molecular flexibility index (Phi) is 4.60. The summed E-state index contributed by atoms with van der Waals surface area (Å²) in [7, 11) is 0. The van der Waals surface area contributed by atoms with Crippen LogP contribution in [-0.2, 0) is 4.79 Å². The second kappa shape index (κ2) is 7.20. The van der Waals surface area contributed by atoms with Crippen LogP contribution in [0.3, 0.4) is 0 Å². The third-order valence-corrected chi connectivity index (χ3v) is 5.14. The molecular formula is C20H14FN3O2S. The summed E-state index contributed by atoms with van der Waals surface area (Å²) in [5, 5.41) is 3.11. The standard InChI is InChI=1S/C20H14FN3O2S/c21-14-7-1-2-8-15(14)23-18(25)12-24-16-9-3-4-10-17(16)27-19-13(20(24)26)6-5-11-22-19/h1-11H,12H2,(H,23,25). The maximum absolute atomic E-state index is 13.8. The summed E-state index contributed by atoms with van der Waals surface area (Å²) in [6, 6.07) is 16.6. The SMILES string of the molecule is O=C(CN1C(=O)c2cccnc2Sc2ccccc21)Nc1ccccc1F. The highest BCUT2D eigenvalue weighted by molar-refractivity contribution is 7.99. The number of nitrogens with zero attached hydrogens (tertiary/aromatic N) is 2. The molecule has 0 spiro atoms. The molecule has 0 atom stereocenters. The van der Waals surface area contributed by atoms with Crippen molar-refractivity contribution in [1.29, 1.82) is 0 Å². The third-order valence-electron chi connectivity index (χ3n) is 4.06. The number of nitrogens with one attached hydrogen (secondary N) is 1. The summed E-state index contributed by atoms with van der Waals surface area (Å²) in [4.78, 5) is 32.1. The normalized spacial score (nSPS) is 12.8. The second-order valence-corrected chi connectivity index (χ2v) is 6.88. The molecule has 3 aromatic rings. The van der Waals surface area contributed by atoms with E-state index in [9.17, 15) is 14.0 Å². The lowest BCUT2D eigenvalue weighted by molar-refractivity contribution is -0.114. The van der Waals surface area contributed by atoms with Gasteiger partial charge >= 0.3 is 0 Å². The second-order valence-electron chi connectivity index (χ2n) is 5.85. The zero-order valence-electron chi connectivity index (χ0n) is 14.1. The average molecular weight is 379 g/mol. The number of para-hydroxylation sites is 2. The molecule has 0 radical (unpaired) electrons. The van der Waals surface area contributed by atoms with Gasteiger partial charge in [-0.15, -0.1) is 0 Å². The van der Waals surface area contributed by atoms with Crippen LogP contribution in [0.1, 0.15) is 10.4 Å². The molecule has 5 nitrogen and oxygen atoms in total. The van der Waals surface area contributed by atoms with Gasteiger partial charge < -0.3 is 5.32 Å². The fourth-order valence-electron chi connectivity index (χ4n) is 2.81. The van der Waals surface area contributed by atoms with E-state index in [1.54, 1.807) is 42.6 Å². The van der Waals surface area contributed by atoms with Crippen LogP contribution < -0.4 is 10.2 Å². The summed E-state index contributed by atoms with van der Waals surface area (Å²) >= 11 is 1.38. The monoisotopic (exact) mass is 379 g/mol. The molecule has 0 bridgehead atoms. The molecule has 2 amide bonds. The number of amides is 2. The van der Waals surface area contributed by atoms with Gasteiger partial charge in [-0.25, -0.2) is 9.37 Å². The number of fused-ring (bicyclic) bond motifs is 2. The van der Waals surface area contributed by atoms with Gasteiger partial charge in [0.05, 0.1) is 16.9 Å². The predicted octanol–water partition coefficient (Wildman–Crippen LogP) is 3.97. The van der Waals surface area contributed by atoms with E-state index in [0.29, 0.717) is 16.3 Å². The van der Waals surface area contributed by atoms with E-state index < -0.39 is 11.7 Å². The highest BCUT2D eigenvalue weighted by Crippen LogP contribution is 2.39. The first-order valence-corrected chi connectivity index (χ1v) is 9.03. The number of benzene rings is 2. The fraction of sp³-hybridized carbons (Fsp3) is 0.0500. The number of anilines is 2. The third kappa shape index (κ3) is 3.41. The highest BCUT2D eigenvalue weighted by atomic mass is 32.2. The Morgan fingerprint density at radius 3 is 2.70 bits per heavy atom. The molecule has 7 heteroatoms. The Labute approximate surface area is 159 Å². The van der Waals surface area contributed by atoms with Crippen molar-refractivity contribution < 1.29 is 14.0 Å². The van der Waals surface area contributed by atoms with Crippen LogP contribution in [0.4, 0.5) is 15.8 Å². The number of pyridine rings is 1. The predicted molar refractivity (Wildman–Crippen MR) is 102 cm³/mol. The molecule has 0 unspecified atom stereocenters. The first-order chi connectivity index (χ1) is 13.1. The van der Waals surface area contributed by atoms with Gasteiger partial charge in [0.15, 0.2) is 0 Å². The van der Waals surface area contributed by atoms with E-state index >= 15 is 0 Å². The number of hydrogen-bond acceptors (Lipinski definition) is 4. The van der Waals surface area contributed by atoms with Gasteiger partial charge in [-0.3, -0.25) is 14.5 Å². The highest BCUT2D eigenvalue weighted by Gasteiger charge is 2.29. The summed E-state index contributed by atoms with van der Waals surface area (Å²) in [6.45, 7) is -0.237. The Balaban J connectivity index is 1.67. The van der Waals surface area contributed by atoms with Gasteiger partial charge in [-0.1, -0.05) is 36.0 Å². The van der Waals surface area contributed by atoms with Crippen LogP contribution in [-0.4, -0.2) is 23.3 Å². The summed E-state index contributed by atoms with van der Waals surface area (Å²) in [5.41, 5.74) is 1.13. The number of rotatable bonds is 3. The molecule has 0 saturated heterocycles. The first-order valence-electron chi connectivity index (χ1n) is 8.21. The molecule has 134 valence electrons. The molecule has 1 N–H and O–H groups in total. The van der Waals surface area contributed by atoms with Crippen molar-refractivity contribution in [3.63, 3.8) is 0 Å².